The first-order valence-electron chi connectivity index (χ1n) is 13.1. The summed E-state index contributed by atoms with van der Waals surface area (Å²) in [5.74, 6) is -2.60. The van der Waals surface area contributed by atoms with E-state index in [1.165, 1.54) is 30.3 Å². The highest BCUT2D eigenvalue weighted by molar-refractivity contribution is 6.30. The van der Waals surface area contributed by atoms with Crippen molar-refractivity contribution < 1.29 is 28.6 Å². The van der Waals surface area contributed by atoms with Gasteiger partial charge in [-0.3, -0.25) is 9.59 Å². The van der Waals surface area contributed by atoms with E-state index in [-0.39, 0.29) is 30.0 Å². The molecule has 2 N–H and O–H groups in total. The number of amides is 1. The number of carbonyl (C=O) groups is 3. The maximum Gasteiger partial charge on any atom is 0.343 e. The Morgan fingerprint density at radius 3 is 2.21 bits per heavy atom. The number of fused-ring (bicyclic) bond motifs is 2. The van der Waals surface area contributed by atoms with Gasteiger partial charge in [0, 0.05) is 51.0 Å². The number of methoxy groups -OCH3 is 2. The van der Waals surface area contributed by atoms with Gasteiger partial charge in [-0.15, -0.1) is 0 Å². The van der Waals surface area contributed by atoms with Crippen molar-refractivity contribution in [2.45, 2.75) is 18.6 Å². The summed E-state index contributed by atoms with van der Waals surface area (Å²) >= 11 is 5.96. The Balaban J connectivity index is 1.56. The Kier molecular flexibility index (Phi) is 8.40. The fraction of sp³-hybridized carbons (Fsp3) is 0.156. The first-order chi connectivity index (χ1) is 20.7. The summed E-state index contributed by atoms with van der Waals surface area (Å²) in [5.41, 5.74) is -0.105. The highest BCUT2D eigenvalue weighted by atomic mass is 35.5. The van der Waals surface area contributed by atoms with Crippen LogP contribution in [0.15, 0.2) is 89.7 Å². The van der Waals surface area contributed by atoms with Crippen LogP contribution in [0.25, 0.3) is 21.8 Å². The molecule has 0 saturated carbocycles. The van der Waals surface area contributed by atoms with E-state index in [1.54, 1.807) is 36.4 Å². The van der Waals surface area contributed by atoms with Gasteiger partial charge in [-0.1, -0.05) is 48.0 Å². The molecule has 0 saturated heterocycles. The molecule has 1 amide bonds. The average molecular weight is 600 g/mol. The van der Waals surface area contributed by atoms with Gasteiger partial charge in [-0.05, 0) is 42.0 Å². The molecule has 0 fully saturated rings. The molecular weight excluding hydrogens is 574 g/mol. The van der Waals surface area contributed by atoms with Gasteiger partial charge in [0.15, 0.2) is 0 Å². The van der Waals surface area contributed by atoms with Crippen LogP contribution in [-0.2, 0) is 32.1 Å². The van der Waals surface area contributed by atoms with Crippen LogP contribution in [0, 0.1) is 0 Å². The van der Waals surface area contributed by atoms with E-state index >= 15 is 0 Å². The molecular formula is C32H26ClN3O7. The third kappa shape index (κ3) is 6.05. The molecule has 0 unspecified atom stereocenters. The normalized spacial score (nSPS) is 11.2. The lowest BCUT2D eigenvalue weighted by molar-refractivity contribution is -0.162. The number of rotatable bonds is 9. The molecule has 3 aromatic carbocycles. The van der Waals surface area contributed by atoms with Crippen LogP contribution in [0.4, 0.5) is 0 Å². The Bertz CT molecular complexity index is 1890. The number of halogens is 1. The molecule has 0 aliphatic rings. The molecule has 11 heteroatoms. The Morgan fingerprint density at radius 1 is 0.860 bits per heavy atom. The molecule has 0 bridgehead atoms. The Morgan fingerprint density at radius 2 is 1.51 bits per heavy atom. The monoisotopic (exact) mass is 599 g/mol. The van der Waals surface area contributed by atoms with Crippen LogP contribution < -0.4 is 15.6 Å². The number of pyridine rings is 2. The van der Waals surface area contributed by atoms with Crippen molar-refractivity contribution in [2.75, 3.05) is 14.2 Å². The zero-order valence-electron chi connectivity index (χ0n) is 23.2. The minimum absolute atomic E-state index is 0.0155. The average Bonchev–Trinajstić information content (AvgIpc) is 3.02. The van der Waals surface area contributed by atoms with Crippen LogP contribution in [0.2, 0.25) is 5.02 Å². The summed E-state index contributed by atoms with van der Waals surface area (Å²) in [5, 5.41) is 4.38. The van der Waals surface area contributed by atoms with Gasteiger partial charge >= 0.3 is 11.9 Å². The number of carbonyl (C=O) groups excluding carboxylic acids is 3. The SMILES string of the molecule is COC(=O)C(Cc1cc(OCc2cc(=O)[nH]c3ccccc23)nc2ccccc12)(NC(=O)c1ccc(Cl)cc1)C(=O)OC. The van der Waals surface area contributed by atoms with Crippen LogP contribution in [0.3, 0.4) is 0 Å². The second-order valence-electron chi connectivity index (χ2n) is 9.66. The summed E-state index contributed by atoms with van der Waals surface area (Å²) in [6.07, 6.45) is -0.348. The maximum atomic E-state index is 13.3. The third-order valence-corrected chi connectivity index (χ3v) is 7.20. The molecule has 0 atom stereocenters. The summed E-state index contributed by atoms with van der Waals surface area (Å²) in [7, 11) is 2.22. The number of hydrogen-bond donors (Lipinski definition) is 2. The number of ether oxygens (including phenoxy) is 3. The quantitative estimate of drug-likeness (QED) is 0.188. The lowest BCUT2D eigenvalue weighted by atomic mass is 9.88. The molecule has 0 spiro atoms. The lowest BCUT2D eigenvalue weighted by Crippen LogP contribution is -2.62. The zero-order chi connectivity index (χ0) is 30.6. The molecule has 10 nitrogen and oxygen atoms in total. The third-order valence-electron chi connectivity index (χ3n) is 6.95. The smallest absolute Gasteiger partial charge is 0.343 e. The van der Waals surface area contributed by atoms with E-state index < -0.39 is 23.4 Å². The Hall–Kier alpha value is -5.22. The van der Waals surface area contributed by atoms with Crippen molar-refractivity contribution in [3.05, 3.63) is 117 Å². The molecule has 2 aromatic heterocycles. The highest BCUT2D eigenvalue weighted by Gasteiger charge is 2.50. The van der Waals surface area contributed by atoms with Crippen LogP contribution in [-0.4, -0.2) is 47.6 Å². The molecule has 0 aliphatic carbocycles. The molecule has 0 radical (unpaired) electrons. The maximum absolute atomic E-state index is 13.3. The van der Waals surface area contributed by atoms with Gasteiger partial charge in [0.1, 0.15) is 6.61 Å². The van der Waals surface area contributed by atoms with Gasteiger partial charge in [-0.2, -0.15) is 0 Å². The molecule has 218 valence electrons. The van der Waals surface area contributed by atoms with Crippen LogP contribution in [0.5, 0.6) is 5.88 Å². The van der Waals surface area contributed by atoms with Gasteiger partial charge < -0.3 is 24.5 Å². The van der Waals surface area contributed by atoms with Gasteiger partial charge in [-0.25, -0.2) is 14.6 Å². The van der Waals surface area contributed by atoms with E-state index in [1.807, 2.05) is 18.2 Å². The zero-order valence-corrected chi connectivity index (χ0v) is 23.9. The van der Waals surface area contributed by atoms with E-state index in [2.05, 4.69) is 15.3 Å². The standard InChI is InChI=1S/C32H26ClN3O7/c1-41-30(39)32(31(40)42-2,36-29(38)19-11-13-22(33)14-12-19)17-20-16-28(35-26-10-6-3-7-23(20)26)43-18-21-15-27(37)34-25-9-5-4-8-24(21)25/h3-16H,17-18H2,1-2H3,(H,34,37)(H,36,38). The number of hydrogen-bond acceptors (Lipinski definition) is 8. The second-order valence-corrected chi connectivity index (χ2v) is 10.1. The number of aromatic amines is 1. The summed E-state index contributed by atoms with van der Waals surface area (Å²) < 4.78 is 16.1. The van der Waals surface area contributed by atoms with E-state index in [0.29, 0.717) is 32.6 Å². The highest BCUT2D eigenvalue weighted by Crippen LogP contribution is 2.28. The van der Waals surface area contributed by atoms with E-state index in [4.69, 9.17) is 25.8 Å². The number of benzene rings is 3. The largest absolute Gasteiger partial charge is 0.473 e. The predicted octanol–water partition coefficient (Wildman–Crippen LogP) is 4.37. The lowest BCUT2D eigenvalue weighted by Gasteiger charge is -2.30. The topological polar surface area (TPSA) is 137 Å². The number of esters is 2. The predicted molar refractivity (Wildman–Crippen MR) is 160 cm³/mol. The van der Waals surface area contributed by atoms with E-state index in [0.717, 1.165) is 19.6 Å². The second kappa shape index (κ2) is 12.3. The molecule has 43 heavy (non-hydrogen) atoms. The van der Waals surface area contributed by atoms with Gasteiger partial charge in [0.05, 0.1) is 19.7 Å². The summed E-state index contributed by atoms with van der Waals surface area (Å²) in [4.78, 5) is 59.5. The number of para-hydroxylation sites is 2. The molecule has 2 heterocycles. The van der Waals surface area contributed by atoms with Crippen molar-refractivity contribution in [3.63, 3.8) is 0 Å². The van der Waals surface area contributed by atoms with Gasteiger partial charge in [0.25, 0.3) is 5.91 Å². The van der Waals surface area contributed by atoms with Crippen LogP contribution >= 0.6 is 11.6 Å². The Labute approximate surface area is 250 Å². The van der Waals surface area contributed by atoms with Crippen molar-refractivity contribution in [1.29, 1.82) is 0 Å². The fourth-order valence-corrected chi connectivity index (χ4v) is 4.99. The summed E-state index contributed by atoms with van der Waals surface area (Å²) in [6.45, 7) is 0.0155. The first-order valence-corrected chi connectivity index (χ1v) is 13.5. The number of nitrogens with one attached hydrogen (secondary N) is 2. The first kappa shape index (κ1) is 29.3. The van der Waals surface area contributed by atoms with Crippen molar-refractivity contribution in [3.8, 4) is 5.88 Å². The number of H-pyrrole nitrogens is 1. The molecule has 5 rings (SSSR count). The van der Waals surface area contributed by atoms with Crippen LogP contribution in [0.1, 0.15) is 21.5 Å². The van der Waals surface area contributed by atoms with Crippen molar-refractivity contribution in [1.82, 2.24) is 15.3 Å². The van der Waals surface area contributed by atoms with Crippen molar-refractivity contribution >= 4 is 51.3 Å². The molecule has 5 aromatic rings. The fourth-order valence-electron chi connectivity index (χ4n) is 4.86. The van der Waals surface area contributed by atoms with Crippen molar-refractivity contribution in [2.24, 2.45) is 0 Å². The molecule has 0 aliphatic heterocycles. The summed E-state index contributed by atoms with van der Waals surface area (Å²) in [6, 6.07) is 23.4. The minimum Gasteiger partial charge on any atom is -0.473 e. The van der Waals surface area contributed by atoms with Gasteiger partial charge in [0.2, 0.25) is 17.0 Å². The number of nitrogens with zero attached hydrogens (tertiary/aromatic N) is 1. The van der Waals surface area contributed by atoms with E-state index in [9.17, 15) is 19.2 Å². The number of aromatic nitrogens is 2. The minimum atomic E-state index is -2.26.